The summed E-state index contributed by atoms with van der Waals surface area (Å²) in [7, 11) is 4.67. The van der Waals surface area contributed by atoms with Crippen LogP contribution in [-0.2, 0) is 31.9 Å². The molecule has 0 saturated heterocycles. The molecule has 1 heterocycles. The molecule has 3 aromatic rings. The average Bonchev–Trinajstić information content (AvgIpc) is 3.03. The molecule has 0 unspecified atom stereocenters. The number of esters is 2. The van der Waals surface area contributed by atoms with Crippen molar-refractivity contribution in [2.45, 2.75) is 52.6 Å². The largest absolute Gasteiger partial charge is 0.497 e. The minimum atomic E-state index is -0.707. The maximum absolute atomic E-state index is 13.4. The summed E-state index contributed by atoms with van der Waals surface area (Å²) in [6, 6.07) is 17.2. The Balaban J connectivity index is 1.76. The van der Waals surface area contributed by atoms with E-state index >= 15 is 0 Å². The number of pyridine rings is 1. The lowest BCUT2D eigenvalue weighted by atomic mass is 9.88. The topological polar surface area (TPSA) is 119 Å². The van der Waals surface area contributed by atoms with Crippen molar-refractivity contribution in [2.24, 2.45) is 11.8 Å². The Morgan fingerprint density at radius 3 is 1.86 bits per heavy atom. The van der Waals surface area contributed by atoms with E-state index < -0.39 is 36.5 Å². The molecule has 44 heavy (non-hydrogen) atoms. The number of carbonyl (C=O) groups is 3. The van der Waals surface area contributed by atoms with Gasteiger partial charge < -0.3 is 28.4 Å². The van der Waals surface area contributed by atoms with Crippen LogP contribution in [0.5, 0.6) is 23.0 Å². The second-order valence-corrected chi connectivity index (χ2v) is 10.3. The second-order valence-electron chi connectivity index (χ2n) is 10.3. The standard InChI is InChI=1S/C34H41NO9/c1-7-26(20-30(37)32-33(43-21-42-23(3)36)31(41-6)16-17-35-32)34(38)44-22(2)27(18-24-8-12-28(39-4)13-9-24)19-25-10-14-29(40-5)15-11-25/h8-17,22,26-27H,7,18-21H2,1-6H3/t22-,26+/m0/s1. The molecule has 10 nitrogen and oxygen atoms in total. The van der Waals surface area contributed by atoms with Crippen LogP contribution in [0.1, 0.15) is 55.2 Å². The number of nitrogens with zero attached hydrogens (tertiary/aromatic N) is 1. The molecule has 0 radical (unpaired) electrons. The number of hydrogen-bond donors (Lipinski definition) is 0. The SMILES string of the molecule is CC[C@H](CC(=O)c1nccc(OC)c1OCOC(C)=O)C(=O)O[C@@H](C)C(Cc1ccc(OC)cc1)Cc1ccc(OC)cc1. The first-order valence-electron chi connectivity index (χ1n) is 14.5. The molecule has 0 fully saturated rings. The lowest BCUT2D eigenvalue weighted by Gasteiger charge is -2.26. The minimum absolute atomic E-state index is 0.0207. The molecule has 0 N–H and O–H groups in total. The van der Waals surface area contributed by atoms with Gasteiger partial charge in [0.25, 0.3) is 0 Å². The quantitative estimate of drug-likeness (QED) is 0.108. The van der Waals surface area contributed by atoms with Gasteiger partial charge in [-0.3, -0.25) is 14.4 Å². The van der Waals surface area contributed by atoms with Crippen LogP contribution in [0.4, 0.5) is 0 Å². The van der Waals surface area contributed by atoms with Gasteiger partial charge in [0.05, 0.1) is 27.2 Å². The van der Waals surface area contributed by atoms with Gasteiger partial charge in [0, 0.05) is 31.5 Å². The predicted molar refractivity (Wildman–Crippen MR) is 163 cm³/mol. The van der Waals surface area contributed by atoms with E-state index in [1.807, 2.05) is 62.4 Å². The summed E-state index contributed by atoms with van der Waals surface area (Å²) in [5, 5.41) is 0. The highest BCUT2D eigenvalue weighted by molar-refractivity contribution is 5.99. The molecule has 0 amide bonds. The number of rotatable bonds is 17. The first kappa shape index (κ1) is 33.9. The van der Waals surface area contributed by atoms with Crippen molar-refractivity contribution in [3.8, 4) is 23.0 Å². The molecule has 1 aromatic heterocycles. The van der Waals surface area contributed by atoms with Crippen molar-refractivity contribution in [3.05, 3.63) is 77.6 Å². The summed E-state index contributed by atoms with van der Waals surface area (Å²) in [4.78, 5) is 42.2. The zero-order valence-corrected chi connectivity index (χ0v) is 26.2. The van der Waals surface area contributed by atoms with Crippen molar-refractivity contribution in [1.82, 2.24) is 4.98 Å². The van der Waals surface area contributed by atoms with Crippen LogP contribution in [0.3, 0.4) is 0 Å². The van der Waals surface area contributed by atoms with E-state index in [0.717, 1.165) is 22.6 Å². The number of ether oxygens (including phenoxy) is 6. The summed E-state index contributed by atoms with van der Waals surface area (Å²) in [5.74, 6) is -0.365. The number of carbonyl (C=O) groups excluding carboxylic acids is 3. The molecule has 2 aromatic carbocycles. The van der Waals surface area contributed by atoms with Crippen LogP contribution in [0, 0.1) is 11.8 Å². The summed E-state index contributed by atoms with van der Waals surface area (Å²) in [6.45, 7) is 4.53. The molecule has 0 bridgehead atoms. The lowest BCUT2D eigenvalue weighted by molar-refractivity contribution is -0.156. The van der Waals surface area contributed by atoms with Crippen LogP contribution in [0.2, 0.25) is 0 Å². The number of hydrogen-bond acceptors (Lipinski definition) is 10. The molecule has 0 aliphatic carbocycles. The number of aromatic nitrogens is 1. The van der Waals surface area contributed by atoms with Gasteiger partial charge in [-0.2, -0.15) is 0 Å². The van der Waals surface area contributed by atoms with E-state index in [-0.39, 0.29) is 29.5 Å². The molecule has 0 aliphatic heterocycles. The van der Waals surface area contributed by atoms with Crippen molar-refractivity contribution in [2.75, 3.05) is 28.1 Å². The van der Waals surface area contributed by atoms with Crippen molar-refractivity contribution in [3.63, 3.8) is 0 Å². The van der Waals surface area contributed by atoms with Crippen molar-refractivity contribution in [1.29, 1.82) is 0 Å². The second kappa shape index (κ2) is 16.9. The fraction of sp³-hybridized carbons (Fsp3) is 0.412. The van der Waals surface area contributed by atoms with Crippen LogP contribution in [0.15, 0.2) is 60.8 Å². The third kappa shape index (κ3) is 9.72. The zero-order valence-electron chi connectivity index (χ0n) is 26.2. The Bertz CT molecular complexity index is 1320. The van der Waals surface area contributed by atoms with Gasteiger partial charge in [-0.15, -0.1) is 0 Å². The maximum atomic E-state index is 13.4. The average molecular weight is 608 g/mol. The molecule has 3 rings (SSSR count). The van der Waals surface area contributed by atoms with E-state index in [4.69, 9.17) is 28.4 Å². The maximum Gasteiger partial charge on any atom is 0.309 e. The molecule has 0 aliphatic rings. The molecule has 2 atom stereocenters. The Morgan fingerprint density at radius 2 is 1.39 bits per heavy atom. The Labute approximate surface area is 258 Å². The van der Waals surface area contributed by atoms with Crippen LogP contribution >= 0.6 is 0 Å². The summed E-state index contributed by atoms with van der Waals surface area (Å²) in [5.41, 5.74) is 2.15. The number of ketones is 1. The van der Waals surface area contributed by atoms with Crippen LogP contribution in [0.25, 0.3) is 0 Å². The highest BCUT2D eigenvalue weighted by Gasteiger charge is 2.30. The normalized spacial score (nSPS) is 12.2. The van der Waals surface area contributed by atoms with Crippen LogP contribution < -0.4 is 18.9 Å². The summed E-state index contributed by atoms with van der Waals surface area (Å²) < 4.78 is 32.3. The number of Topliss-reactive ketones (excluding diaryl/α,β-unsaturated/α-hetero) is 1. The van der Waals surface area contributed by atoms with Gasteiger partial charge in [-0.25, -0.2) is 4.98 Å². The highest BCUT2D eigenvalue weighted by Crippen LogP contribution is 2.32. The van der Waals surface area contributed by atoms with Gasteiger partial charge >= 0.3 is 11.9 Å². The molecule has 236 valence electrons. The van der Waals surface area contributed by atoms with Gasteiger partial charge in [0.15, 0.2) is 23.0 Å². The fourth-order valence-corrected chi connectivity index (χ4v) is 4.72. The Hall–Kier alpha value is -4.60. The molecule has 0 spiro atoms. The van der Waals surface area contributed by atoms with E-state index in [1.54, 1.807) is 14.2 Å². The summed E-state index contributed by atoms with van der Waals surface area (Å²) >= 11 is 0. The Morgan fingerprint density at radius 1 is 0.818 bits per heavy atom. The third-order valence-electron chi connectivity index (χ3n) is 7.36. The van der Waals surface area contributed by atoms with Gasteiger partial charge in [-0.05, 0) is 61.6 Å². The summed E-state index contributed by atoms with van der Waals surface area (Å²) in [6.07, 6.45) is 2.52. The first-order valence-corrected chi connectivity index (χ1v) is 14.5. The fourth-order valence-electron chi connectivity index (χ4n) is 4.72. The number of benzene rings is 2. The molecule has 0 saturated carbocycles. The lowest BCUT2D eigenvalue weighted by Crippen LogP contribution is -2.31. The predicted octanol–water partition coefficient (Wildman–Crippen LogP) is 5.64. The molecule has 10 heteroatoms. The van der Waals surface area contributed by atoms with Crippen LogP contribution in [-0.4, -0.2) is 56.9 Å². The van der Waals surface area contributed by atoms with E-state index in [1.165, 1.54) is 26.3 Å². The highest BCUT2D eigenvalue weighted by atomic mass is 16.7. The zero-order chi connectivity index (χ0) is 32.1. The minimum Gasteiger partial charge on any atom is -0.497 e. The van der Waals surface area contributed by atoms with Crippen molar-refractivity contribution < 1.29 is 42.8 Å². The molecular formula is C34H41NO9. The Kier molecular flexibility index (Phi) is 13.0. The van der Waals surface area contributed by atoms with E-state index in [0.29, 0.717) is 19.3 Å². The van der Waals surface area contributed by atoms with Gasteiger partial charge in [-0.1, -0.05) is 31.2 Å². The van der Waals surface area contributed by atoms with Gasteiger partial charge in [0.2, 0.25) is 6.79 Å². The van der Waals surface area contributed by atoms with E-state index in [9.17, 15) is 14.4 Å². The first-order chi connectivity index (χ1) is 21.2. The third-order valence-corrected chi connectivity index (χ3v) is 7.36. The molecular weight excluding hydrogens is 566 g/mol. The van der Waals surface area contributed by atoms with Crippen molar-refractivity contribution >= 4 is 17.7 Å². The smallest absolute Gasteiger partial charge is 0.309 e. The number of methoxy groups -OCH3 is 3. The monoisotopic (exact) mass is 607 g/mol. The van der Waals surface area contributed by atoms with E-state index in [2.05, 4.69) is 4.98 Å². The van der Waals surface area contributed by atoms with Gasteiger partial charge in [0.1, 0.15) is 17.6 Å².